The molecule has 4 heteroatoms. The first kappa shape index (κ1) is 17.5. The molecule has 122 valence electrons. The lowest BCUT2D eigenvalue weighted by molar-refractivity contribution is -0.885. The van der Waals surface area contributed by atoms with Gasteiger partial charge in [-0.15, -0.1) is 0 Å². The molecule has 0 aliphatic carbocycles. The topological polar surface area (TPSA) is 33.5 Å². The van der Waals surface area contributed by atoms with Gasteiger partial charge in [0.2, 0.25) is 0 Å². The number of anilines is 1. The minimum Gasteiger partial charge on any atom is -0.326 e. The molecule has 2 N–H and O–H groups in total. The van der Waals surface area contributed by atoms with Crippen LogP contribution >= 0.6 is 11.6 Å². The molecule has 2 aromatic rings. The summed E-state index contributed by atoms with van der Waals surface area (Å²) in [7, 11) is 2.03. The second kappa shape index (κ2) is 7.62. The maximum absolute atomic E-state index is 12.2. The maximum Gasteiger partial charge on any atom is 0.279 e. The molecule has 1 unspecified atom stereocenters. The summed E-state index contributed by atoms with van der Waals surface area (Å²) in [5, 5.41) is 3.61. The van der Waals surface area contributed by atoms with Crippen molar-refractivity contribution in [2.75, 3.05) is 18.9 Å². The largest absolute Gasteiger partial charge is 0.326 e. The molecule has 0 saturated heterocycles. The molecular formula is C19H24ClN2O+. The minimum absolute atomic E-state index is 0.00219. The van der Waals surface area contributed by atoms with E-state index in [-0.39, 0.29) is 5.91 Å². The first-order valence-corrected chi connectivity index (χ1v) is 8.17. The summed E-state index contributed by atoms with van der Waals surface area (Å²) in [5.41, 5.74) is 5.49. The van der Waals surface area contributed by atoms with E-state index in [2.05, 4.69) is 37.4 Å². The van der Waals surface area contributed by atoms with Crippen LogP contribution in [0.1, 0.15) is 22.3 Å². The van der Waals surface area contributed by atoms with Crippen molar-refractivity contribution >= 4 is 23.2 Å². The van der Waals surface area contributed by atoms with Gasteiger partial charge >= 0.3 is 0 Å². The molecule has 0 spiro atoms. The van der Waals surface area contributed by atoms with Crippen molar-refractivity contribution in [3.8, 4) is 0 Å². The van der Waals surface area contributed by atoms with Crippen LogP contribution in [0.5, 0.6) is 0 Å². The molecule has 2 aromatic carbocycles. The molecule has 1 atom stereocenters. The Labute approximate surface area is 143 Å². The maximum atomic E-state index is 12.2. The summed E-state index contributed by atoms with van der Waals surface area (Å²) in [5.74, 6) is -0.00219. The number of carbonyl (C=O) groups is 1. The van der Waals surface area contributed by atoms with E-state index in [0.717, 1.165) is 22.7 Å². The Bertz CT molecular complexity index is 713. The zero-order chi connectivity index (χ0) is 17.0. The summed E-state index contributed by atoms with van der Waals surface area (Å²) >= 11 is 6.08. The molecule has 1 amide bonds. The van der Waals surface area contributed by atoms with Crippen molar-refractivity contribution in [3.63, 3.8) is 0 Å². The van der Waals surface area contributed by atoms with Crippen molar-refractivity contribution in [3.05, 3.63) is 63.7 Å². The van der Waals surface area contributed by atoms with E-state index in [1.54, 1.807) is 0 Å². The van der Waals surface area contributed by atoms with Crippen LogP contribution in [0.3, 0.4) is 0 Å². The van der Waals surface area contributed by atoms with Crippen molar-refractivity contribution in [2.45, 2.75) is 27.3 Å². The molecule has 0 aliphatic rings. The number of benzene rings is 2. The van der Waals surface area contributed by atoms with E-state index < -0.39 is 0 Å². The van der Waals surface area contributed by atoms with E-state index in [0.29, 0.717) is 11.6 Å². The van der Waals surface area contributed by atoms with Crippen LogP contribution in [0.25, 0.3) is 0 Å². The van der Waals surface area contributed by atoms with Gasteiger partial charge in [-0.3, -0.25) is 4.79 Å². The predicted molar refractivity (Wildman–Crippen MR) is 96.2 cm³/mol. The third-order valence-corrected chi connectivity index (χ3v) is 4.40. The Kier molecular flexibility index (Phi) is 5.80. The minimum atomic E-state index is -0.00219. The van der Waals surface area contributed by atoms with Gasteiger partial charge in [-0.2, -0.15) is 0 Å². The molecule has 0 aromatic heterocycles. The van der Waals surface area contributed by atoms with Crippen LogP contribution in [0.2, 0.25) is 5.02 Å². The molecule has 23 heavy (non-hydrogen) atoms. The summed E-state index contributed by atoms with van der Waals surface area (Å²) < 4.78 is 0. The lowest BCUT2D eigenvalue weighted by atomic mass is 10.1. The summed E-state index contributed by atoms with van der Waals surface area (Å²) in [6.07, 6.45) is 0. The van der Waals surface area contributed by atoms with Gasteiger partial charge in [0.05, 0.1) is 7.05 Å². The number of quaternary nitrogens is 1. The fourth-order valence-corrected chi connectivity index (χ4v) is 2.82. The Hall–Kier alpha value is -1.84. The van der Waals surface area contributed by atoms with Gasteiger partial charge in [-0.1, -0.05) is 41.4 Å². The Morgan fingerprint density at radius 2 is 1.91 bits per heavy atom. The quantitative estimate of drug-likeness (QED) is 0.867. The number of halogens is 1. The molecule has 0 heterocycles. The summed E-state index contributed by atoms with van der Waals surface area (Å²) in [4.78, 5) is 13.4. The van der Waals surface area contributed by atoms with E-state index in [1.165, 1.54) is 16.7 Å². The van der Waals surface area contributed by atoms with E-state index in [1.807, 2.05) is 32.2 Å². The second-order valence-electron chi connectivity index (χ2n) is 6.20. The predicted octanol–water partition coefficient (Wildman–Crippen LogP) is 2.92. The molecule has 0 radical (unpaired) electrons. The number of hydrogen-bond acceptors (Lipinski definition) is 1. The Balaban J connectivity index is 1.95. The second-order valence-corrected chi connectivity index (χ2v) is 6.61. The van der Waals surface area contributed by atoms with Crippen LogP contribution in [-0.4, -0.2) is 19.5 Å². The van der Waals surface area contributed by atoms with Crippen LogP contribution in [0.4, 0.5) is 5.69 Å². The smallest absolute Gasteiger partial charge is 0.279 e. The van der Waals surface area contributed by atoms with Gasteiger partial charge in [0.15, 0.2) is 6.54 Å². The van der Waals surface area contributed by atoms with Crippen LogP contribution in [0.15, 0.2) is 36.4 Å². The Morgan fingerprint density at radius 1 is 1.17 bits per heavy atom. The molecule has 0 fully saturated rings. The van der Waals surface area contributed by atoms with Crippen molar-refractivity contribution in [2.24, 2.45) is 0 Å². The van der Waals surface area contributed by atoms with Gasteiger partial charge in [0, 0.05) is 16.3 Å². The number of hydrogen-bond donors (Lipinski definition) is 2. The van der Waals surface area contributed by atoms with Crippen molar-refractivity contribution in [1.29, 1.82) is 0 Å². The lowest BCUT2D eigenvalue weighted by Crippen LogP contribution is -3.08. The standard InChI is InChI=1S/C19H23ClN2O/c1-13-8-9-16(14(2)10-13)11-22(4)12-19(23)21-18-7-5-6-17(20)15(18)3/h5-10H,11-12H2,1-4H3,(H,21,23)/p+1. The third kappa shape index (κ3) is 4.81. The highest BCUT2D eigenvalue weighted by atomic mass is 35.5. The summed E-state index contributed by atoms with van der Waals surface area (Å²) in [6, 6.07) is 12.0. The van der Waals surface area contributed by atoms with E-state index in [9.17, 15) is 4.79 Å². The third-order valence-electron chi connectivity index (χ3n) is 3.99. The number of likely N-dealkylation sites (N-methyl/N-ethyl adjacent to an activating group) is 1. The fourth-order valence-electron chi connectivity index (χ4n) is 2.64. The molecular weight excluding hydrogens is 308 g/mol. The number of amides is 1. The zero-order valence-corrected chi connectivity index (χ0v) is 14.9. The van der Waals surface area contributed by atoms with Crippen molar-refractivity contribution < 1.29 is 9.69 Å². The van der Waals surface area contributed by atoms with Gasteiger partial charge < -0.3 is 10.2 Å². The van der Waals surface area contributed by atoms with Crippen LogP contribution < -0.4 is 10.2 Å². The molecule has 0 bridgehead atoms. The zero-order valence-electron chi connectivity index (χ0n) is 14.2. The molecule has 3 nitrogen and oxygen atoms in total. The number of rotatable bonds is 5. The average molecular weight is 332 g/mol. The average Bonchev–Trinajstić information content (AvgIpc) is 2.47. The van der Waals surface area contributed by atoms with Gasteiger partial charge in [-0.05, 0) is 44.0 Å². The van der Waals surface area contributed by atoms with Crippen LogP contribution in [0, 0.1) is 20.8 Å². The molecule has 2 rings (SSSR count). The fraction of sp³-hybridized carbons (Fsp3) is 0.316. The Morgan fingerprint density at radius 3 is 2.61 bits per heavy atom. The van der Waals surface area contributed by atoms with Gasteiger partial charge in [0.1, 0.15) is 6.54 Å². The van der Waals surface area contributed by atoms with Gasteiger partial charge in [-0.25, -0.2) is 0 Å². The molecule has 0 aliphatic heterocycles. The number of nitrogens with one attached hydrogen (secondary N) is 2. The normalized spacial score (nSPS) is 12.0. The van der Waals surface area contributed by atoms with E-state index >= 15 is 0 Å². The lowest BCUT2D eigenvalue weighted by Gasteiger charge is -2.16. The highest BCUT2D eigenvalue weighted by Crippen LogP contribution is 2.22. The van der Waals surface area contributed by atoms with E-state index in [4.69, 9.17) is 11.6 Å². The number of aryl methyl sites for hydroxylation is 2. The SMILES string of the molecule is Cc1ccc(C[NH+](C)CC(=O)Nc2cccc(Cl)c2C)c(C)c1. The van der Waals surface area contributed by atoms with Crippen LogP contribution in [-0.2, 0) is 11.3 Å². The highest BCUT2D eigenvalue weighted by Gasteiger charge is 2.13. The monoisotopic (exact) mass is 331 g/mol. The van der Waals surface area contributed by atoms with Crippen molar-refractivity contribution in [1.82, 2.24) is 0 Å². The highest BCUT2D eigenvalue weighted by molar-refractivity contribution is 6.31. The summed E-state index contributed by atoms with van der Waals surface area (Å²) in [6.45, 7) is 7.36. The number of carbonyl (C=O) groups excluding carboxylic acids is 1. The first-order valence-electron chi connectivity index (χ1n) is 7.79. The molecule has 0 saturated carbocycles. The van der Waals surface area contributed by atoms with Gasteiger partial charge in [0.25, 0.3) is 5.91 Å². The first-order chi connectivity index (χ1) is 10.9.